The van der Waals surface area contributed by atoms with Crippen LogP contribution in [0.15, 0.2) is 36.4 Å². The van der Waals surface area contributed by atoms with Crippen LogP contribution in [0.5, 0.6) is 0 Å². The quantitative estimate of drug-likeness (QED) is 0.795. The van der Waals surface area contributed by atoms with Crippen molar-refractivity contribution in [1.29, 1.82) is 0 Å². The summed E-state index contributed by atoms with van der Waals surface area (Å²) in [6.07, 6.45) is -4.45. The van der Waals surface area contributed by atoms with Crippen LogP contribution in [-0.4, -0.2) is 0 Å². The number of aryl methyl sites for hydroxylation is 1. The lowest BCUT2D eigenvalue weighted by Gasteiger charge is -2.13. The van der Waals surface area contributed by atoms with E-state index in [0.717, 1.165) is 24.3 Å². The van der Waals surface area contributed by atoms with Crippen molar-refractivity contribution in [2.75, 3.05) is 5.32 Å². The maximum absolute atomic E-state index is 13.4. The Morgan fingerprint density at radius 3 is 2.38 bits per heavy atom. The summed E-state index contributed by atoms with van der Waals surface area (Å²) in [5, 5.41) is 2.66. The molecule has 2 rings (SSSR count). The number of rotatable bonds is 3. The number of benzene rings is 2. The number of hydrogen-bond acceptors (Lipinski definition) is 1. The second kappa shape index (κ2) is 5.71. The highest BCUT2D eigenvalue weighted by Crippen LogP contribution is 2.33. The third-order valence-electron chi connectivity index (χ3n) is 3.03. The second-order valence-electron chi connectivity index (χ2n) is 4.62. The summed E-state index contributed by atoms with van der Waals surface area (Å²) in [7, 11) is 0. The van der Waals surface area contributed by atoms with Gasteiger partial charge in [-0.05, 0) is 42.8 Å². The molecule has 0 fully saturated rings. The van der Waals surface area contributed by atoms with Gasteiger partial charge in [-0.1, -0.05) is 6.07 Å². The van der Waals surface area contributed by atoms with Crippen LogP contribution >= 0.6 is 0 Å². The topological polar surface area (TPSA) is 12.0 Å². The average molecular weight is 301 g/mol. The second-order valence-corrected chi connectivity index (χ2v) is 4.62. The minimum Gasteiger partial charge on any atom is -0.381 e. The first-order valence-corrected chi connectivity index (χ1v) is 6.13. The molecule has 0 aromatic heterocycles. The Balaban J connectivity index is 2.19. The van der Waals surface area contributed by atoms with Crippen LogP contribution < -0.4 is 5.32 Å². The van der Waals surface area contributed by atoms with E-state index in [-0.39, 0.29) is 23.4 Å². The summed E-state index contributed by atoms with van der Waals surface area (Å²) >= 11 is 0. The molecule has 0 unspecified atom stereocenters. The van der Waals surface area contributed by atoms with E-state index >= 15 is 0 Å². The van der Waals surface area contributed by atoms with E-state index in [1.165, 1.54) is 19.1 Å². The van der Waals surface area contributed by atoms with Gasteiger partial charge in [0.05, 0.1) is 5.56 Å². The van der Waals surface area contributed by atoms with Gasteiger partial charge in [0, 0.05) is 17.8 Å². The SMILES string of the molecule is Cc1ccc(NCc2cc(F)ccc2F)cc1C(F)(F)F. The Kier molecular flexibility index (Phi) is 4.16. The average Bonchev–Trinajstić information content (AvgIpc) is 2.40. The van der Waals surface area contributed by atoms with Gasteiger partial charge in [-0.15, -0.1) is 0 Å². The van der Waals surface area contributed by atoms with Gasteiger partial charge >= 0.3 is 6.18 Å². The largest absolute Gasteiger partial charge is 0.416 e. The molecule has 0 bridgehead atoms. The van der Waals surface area contributed by atoms with Gasteiger partial charge in [0.1, 0.15) is 11.6 Å². The first kappa shape index (κ1) is 15.3. The van der Waals surface area contributed by atoms with E-state index in [1.807, 2.05) is 0 Å². The molecular formula is C15H12F5N. The monoisotopic (exact) mass is 301 g/mol. The first-order chi connectivity index (χ1) is 9.77. The van der Waals surface area contributed by atoms with Crippen LogP contribution in [0.2, 0.25) is 0 Å². The summed E-state index contributed by atoms with van der Waals surface area (Å²) in [6, 6.07) is 6.69. The fourth-order valence-corrected chi connectivity index (χ4v) is 1.91. The molecule has 112 valence electrons. The van der Waals surface area contributed by atoms with Crippen LogP contribution in [-0.2, 0) is 12.7 Å². The lowest BCUT2D eigenvalue weighted by atomic mass is 10.1. The fourth-order valence-electron chi connectivity index (χ4n) is 1.91. The van der Waals surface area contributed by atoms with Gasteiger partial charge < -0.3 is 5.32 Å². The lowest BCUT2D eigenvalue weighted by molar-refractivity contribution is -0.138. The zero-order valence-corrected chi connectivity index (χ0v) is 11.1. The van der Waals surface area contributed by atoms with Crippen molar-refractivity contribution in [3.63, 3.8) is 0 Å². The molecule has 0 aliphatic carbocycles. The fraction of sp³-hybridized carbons (Fsp3) is 0.200. The Bertz CT molecular complexity index is 649. The Morgan fingerprint density at radius 2 is 1.71 bits per heavy atom. The molecular weight excluding hydrogens is 289 g/mol. The first-order valence-electron chi connectivity index (χ1n) is 6.13. The summed E-state index contributed by atoms with van der Waals surface area (Å²) in [6.45, 7) is 1.25. The van der Waals surface area contributed by atoms with Gasteiger partial charge in [-0.3, -0.25) is 0 Å². The predicted molar refractivity (Wildman–Crippen MR) is 69.9 cm³/mol. The summed E-state index contributed by atoms with van der Waals surface area (Å²) < 4.78 is 64.7. The van der Waals surface area contributed by atoms with Crippen molar-refractivity contribution in [2.45, 2.75) is 19.6 Å². The van der Waals surface area contributed by atoms with Crippen molar-refractivity contribution in [1.82, 2.24) is 0 Å². The highest BCUT2D eigenvalue weighted by atomic mass is 19.4. The molecule has 0 atom stereocenters. The lowest BCUT2D eigenvalue weighted by Crippen LogP contribution is -2.09. The van der Waals surface area contributed by atoms with Crippen LogP contribution in [0, 0.1) is 18.6 Å². The van der Waals surface area contributed by atoms with Gasteiger partial charge in [0.15, 0.2) is 0 Å². The molecule has 0 amide bonds. The predicted octanol–water partition coefficient (Wildman–Crippen LogP) is 4.90. The molecule has 0 saturated carbocycles. The molecule has 0 radical (unpaired) electrons. The number of hydrogen-bond donors (Lipinski definition) is 1. The summed E-state index contributed by atoms with van der Waals surface area (Å²) in [5.74, 6) is -1.22. The van der Waals surface area contributed by atoms with E-state index in [0.29, 0.717) is 0 Å². The Hall–Kier alpha value is -2.11. The molecule has 0 aliphatic rings. The number of anilines is 1. The van der Waals surface area contributed by atoms with Gasteiger partial charge in [-0.25, -0.2) is 8.78 Å². The third-order valence-corrected chi connectivity index (χ3v) is 3.03. The minimum atomic E-state index is -4.45. The molecule has 2 aromatic rings. The molecule has 0 heterocycles. The minimum absolute atomic E-state index is 0.0455. The highest BCUT2D eigenvalue weighted by molar-refractivity contribution is 5.49. The molecule has 21 heavy (non-hydrogen) atoms. The van der Waals surface area contributed by atoms with Crippen molar-refractivity contribution in [3.05, 3.63) is 64.7 Å². The third kappa shape index (κ3) is 3.71. The molecule has 1 N–H and O–H groups in total. The van der Waals surface area contributed by atoms with Crippen molar-refractivity contribution in [3.8, 4) is 0 Å². The standard InChI is InChI=1S/C15H12F5N/c1-9-2-4-12(7-13(9)15(18,19)20)21-8-10-6-11(16)3-5-14(10)17/h2-7,21H,8H2,1H3. The molecule has 0 spiro atoms. The zero-order chi connectivity index (χ0) is 15.6. The van der Waals surface area contributed by atoms with E-state index in [2.05, 4.69) is 5.32 Å². The summed E-state index contributed by atoms with van der Waals surface area (Å²) in [4.78, 5) is 0. The van der Waals surface area contributed by atoms with E-state index < -0.39 is 23.4 Å². The molecule has 0 saturated heterocycles. The van der Waals surface area contributed by atoms with Gasteiger partial charge in [0.25, 0.3) is 0 Å². The van der Waals surface area contributed by atoms with E-state index in [9.17, 15) is 22.0 Å². The molecule has 6 heteroatoms. The number of nitrogens with one attached hydrogen (secondary N) is 1. The smallest absolute Gasteiger partial charge is 0.381 e. The maximum Gasteiger partial charge on any atom is 0.416 e. The van der Waals surface area contributed by atoms with Crippen molar-refractivity contribution in [2.24, 2.45) is 0 Å². The van der Waals surface area contributed by atoms with Crippen molar-refractivity contribution < 1.29 is 22.0 Å². The van der Waals surface area contributed by atoms with Crippen molar-refractivity contribution >= 4 is 5.69 Å². The van der Waals surface area contributed by atoms with Crippen LogP contribution in [0.4, 0.5) is 27.6 Å². The van der Waals surface area contributed by atoms with Crippen LogP contribution in [0.1, 0.15) is 16.7 Å². The maximum atomic E-state index is 13.4. The van der Waals surface area contributed by atoms with Gasteiger partial charge in [-0.2, -0.15) is 13.2 Å². The summed E-state index contributed by atoms with van der Waals surface area (Å²) in [5.41, 5.74) is -0.419. The molecule has 1 nitrogen and oxygen atoms in total. The Morgan fingerprint density at radius 1 is 1.00 bits per heavy atom. The zero-order valence-electron chi connectivity index (χ0n) is 11.1. The highest BCUT2D eigenvalue weighted by Gasteiger charge is 2.32. The number of halogens is 5. The van der Waals surface area contributed by atoms with Gasteiger partial charge in [0.2, 0.25) is 0 Å². The molecule has 2 aromatic carbocycles. The normalized spacial score (nSPS) is 11.5. The Labute approximate surface area is 118 Å². The van der Waals surface area contributed by atoms with E-state index in [4.69, 9.17) is 0 Å². The van der Waals surface area contributed by atoms with Crippen LogP contribution in [0.3, 0.4) is 0 Å². The van der Waals surface area contributed by atoms with E-state index in [1.54, 1.807) is 0 Å². The van der Waals surface area contributed by atoms with Crippen LogP contribution in [0.25, 0.3) is 0 Å². The molecule has 0 aliphatic heterocycles. The number of alkyl halides is 3.